The van der Waals surface area contributed by atoms with Crippen LogP contribution in [0.2, 0.25) is 0 Å². The maximum absolute atomic E-state index is 12.0. The van der Waals surface area contributed by atoms with Crippen molar-refractivity contribution >= 4 is 23.2 Å². The lowest BCUT2D eigenvalue weighted by Crippen LogP contribution is -2.47. The molecule has 1 fully saturated rings. The molecule has 0 spiro atoms. The van der Waals surface area contributed by atoms with Gasteiger partial charge in [0.2, 0.25) is 0 Å². The van der Waals surface area contributed by atoms with Gasteiger partial charge in [-0.25, -0.2) is 0 Å². The summed E-state index contributed by atoms with van der Waals surface area (Å²) in [6.45, 7) is 3.89. The van der Waals surface area contributed by atoms with Crippen molar-refractivity contribution in [2.24, 2.45) is 0 Å². The first kappa shape index (κ1) is 19.2. The van der Waals surface area contributed by atoms with Crippen LogP contribution in [-0.4, -0.2) is 91.4 Å². The molecule has 0 unspecified atom stereocenters. The second kappa shape index (κ2) is 8.28. The number of hydrogen-bond acceptors (Lipinski definition) is 6. The molecule has 3 N–H and O–H groups in total. The molecular weight excluding hydrogens is 324 g/mol. The first-order chi connectivity index (χ1) is 11.8. The number of anilines is 2. The van der Waals surface area contributed by atoms with Crippen molar-refractivity contribution in [3.05, 3.63) is 24.3 Å². The summed E-state index contributed by atoms with van der Waals surface area (Å²) in [4.78, 5) is 29.3. The zero-order chi connectivity index (χ0) is 18.6. The first-order valence-corrected chi connectivity index (χ1v) is 8.21. The quantitative estimate of drug-likeness (QED) is 0.643. The Kier molecular flexibility index (Phi) is 6.35. The molecule has 1 aliphatic heterocycles. The number of carbonyl (C=O) groups is 2. The van der Waals surface area contributed by atoms with Crippen LogP contribution in [0.15, 0.2) is 24.3 Å². The SMILES string of the molecule is CN1CCN(c2ccc(NC(=O)[C@H](O)[C@@H](O)C(=O)N(C)C)cc2)CC1. The van der Waals surface area contributed by atoms with Crippen molar-refractivity contribution in [3.63, 3.8) is 0 Å². The Bertz CT molecular complexity index is 597. The summed E-state index contributed by atoms with van der Waals surface area (Å²) in [6.07, 6.45) is -3.62. The van der Waals surface area contributed by atoms with Gasteiger partial charge in [-0.1, -0.05) is 0 Å². The summed E-state index contributed by atoms with van der Waals surface area (Å²) in [5.74, 6) is -1.55. The highest BCUT2D eigenvalue weighted by Crippen LogP contribution is 2.19. The Morgan fingerprint density at radius 3 is 2.12 bits per heavy atom. The van der Waals surface area contributed by atoms with E-state index < -0.39 is 24.0 Å². The van der Waals surface area contributed by atoms with Crippen LogP contribution in [0, 0.1) is 0 Å². The maximum Gasteiger partial charge on any atom is 0.256 e. The third kappa shape index (κ3) is 4.91. The van der Waals surface area contributed by atoms with E-state index in [0.29, 0.717) is 5.69 Å². The summed E-state index contributed by atoms with van der Waals surface area (Å²) in [5, 5.41) is 22.1. The molecule has 8 heteroatoms. The molecule has 1 saturated heterocycles. The fourth-order valence-corrected chi connectivity index (χ4v) is 2.58. The Balaban J connectivity index is 1.94. The molecule has 138 valence electrons. The fourth-order valence-electron chi connectivity index (χ4n) is 2.58. The molecule has 8 nitrogen and oxygen atoms in total. The number of likely N-dealkylation sites (N-methyl/N-ethyl adjacent to an activating group) is 2. The number of nitrogens with one attached hydrogen (secondary N) is 1. The van der Waals surface area contributed by atoms with E-state index in [1.165, 1.54) is 14.1 Å². The highest BCUT2D eigenvalue weighted by Gasteiger charge is 2.31. The number of carbonyl (C=O) groups excluding carboxylic acids is 2. The van der Waals surface area contributed by atoms with Crippen LogP contribution >= 0.6 is 0 Å². The van der Waals surface area contributed by atoms with Crippen LogP contribution in [-0.2, 0) is 9.59 Å². The van der Waals surface area contributed by atoms with Crippen LogP contribution in [0.1, 0.15) is 0 Å². The van der Waals surface area contributed by atoms with Crippen molar-refractivity contribution in [3.8, 4) is 0 Å². The van der Waals surface area contributed by atoms with Crippen molar-refractivity contribution in [1.82, 2.24) is 9.80 Å². The molecular formula is C17H26N4O4. The van der Waals surface area contributed by atoms with Gasteiger partial charge in [0.1, 0.15) is 0 Å². The third-order valence-electron chi connectivity index (χ3n) is 4.26. The zero-order valence-corrected chi connectivity index (χ0v) is 14.8. The number of benzene rings is 1. The number of hydrogen-bond donors (Lipinski definition) is 3. The zero-order valence-electron chi connectivity index (χ0n) is 14.8. The highest BCUT2D eigenvalue weighted by atomic mass is 16.3. The van der Waals surface area contributed by atoms with Crippen LogP contribution < -0.4 is 10.2 Å². The van der Waals surface area contributed by atoms with Gasteiger partial charge < -0.3 is 30.2 Å². The number of rotatable bonds is 5. The molecule has 0 aliphatic carbocycles. The topological polar surface area (TPSA) is 96.4 Å². The average molecular weight is 350 g/mol. The van der Waals surface area contributed by atoms with Gasteiger partial charge >= 0.3 is 0 Å². The van der Waals surface area contributed by atoms with E-state index >= 15 is 0 Å². The van der Waals surface area contributed by atoms with E-state index in [1.807, 2.05) is 12.1 Å². The lowest BCUT2D eigenvalue weighted by Gasteiger charge is -2.34. The van der Waals surface area contributed by atoms with Gasteiger partial charge in [-0.15, -0.1) is 0 Å². The largest absolute Gasteiger partial charge is 0.380 e. The molecule has 0 aromatic heterocycles. The highest BCUT2D eigenvalue weighted by molar-refractivity contribution is 5.98. The van der Waals surface area contributed by atoms with Crippen LogP contribution in [0.3, 0.4) is 0 Å². The van der Waals surface area contributed by atoms with E-state index in [-0.39, 0.29) is 0 Å². The van der Waals surface area contributed by atoms with Crippen molar-refractivity contribution < 1.29 is 19.8 Å². The molecule has 25 heavy (non-hydrogen) atoms. The maximum atomic E-state index is 12.0. The Morgan fingerprint density at radius 1 is 1.04 bits per heavy atom. The minimum absolute atomic E-state index is 0.492. The molecule has 1 aromatic carbocycles. The molecule has 0 saturated carbocycles. The minimum atomic E-state index is -1.83. The molecule has 2 rings (SSSR count). The summed E-state index contributed by atoms with van der Waals surface area (Å²) in [7, 11) is 4.97. The van der Waals surface area contributed by atoms with Crippen molar-refractivity contribution in [1.29, 1.82) is 0 Å². The molecule has 0 radical (unpaired) electrons. The Morgan fingerprint density at radius 2 is 1.60 bits per heavy atom. The smallest absolute Gasteiger partial charge is 0.256 e. The molecule has 1 aromatic rings. The average Bonchev–Trinajstić information content (AvgIpc) is 2.61. The van der Waals surface area contributed by atoms with Gasteiger partial charge in [-0.2, -0.15) is 0 Å². The monoisotopic (exact) mass is 350 g/mol. The van der Waals surface area contributed by atoms with Gasteiger partial charge in [0, 0.05) is 51.6 Å². The lowest BCUT2D eigenvalue weighted by molar-refractivity contribution is -0.149. The van der Waals surface area contributed by atoms with E-state index in [1.54, 1.807) is 12.1 Å². The van der Waals surface area contributed by atoms with Gasteiger partial charge in [-0.05, 0) is 31.3 Å². The number of aliphatic hydroxyl groups is 2. The van der Waals surface area contributed by atoms with Crippen LogP contribution in [0.5, 0.6) is 0 Å². The van der Waals surface area contributed by atoms with Crippen molar-refractivity contribution in [2.75, 3.05) is 57.5 Å². The molecule has 2 atom stereocenters. The Hall–Kier alpha value is -2.16. The molecule has 1 aliphatic rings. The molecule has 2 amide bonds. The number of aliphatic hydroxyl groups excluding tert-OH is 2. The van der Waals surface area contributed by atoms with E-state index in [9.17, 15) is 19.8 Å². The van der Waals surface area contributed by atoms with Crippen molar-refractivity contribution in [2.45, 2.75) is 12.2 Å². The number of amides is 2. The minimum Gasteiger partial charge on any atom is -0.380 e. The van der Waals surface area contributed by atoms with Crippen LogP contribution in [0.4, 0.5) is 11.4 Å². The lowest BCUT2D eigenvalue weighted by atomic mass is 10.1. The fraction of sp³-hybridized carbons (Fsp3) is 0.529. The third-order valence-corrected chi connectivity index (χ3v) is 4.26. The summed E-state index contributed by atoms with van der Waals surface area (Å²) in [6, 6.07) is 7.26. The number of nitrogens with zero attached hydrogens (tertiary/aromatic N) is 3. The summed E-state index contributed by atoms with van der Waals surface area (Å²) in [5.41, 5.74) is 1.56. The van der Waals surface area contributed by atoms with E-state index in [0.717, 1.165) is 36.8 Å². The second-order valence-electron chi connectivity index (χ2n) is 6.45. The predicted octanol–water partition coefficient (Wildman–Crippen LogP) is -0.813. The van der Waals surface area contributed by atoms with E-state index in [4.69, 9.17) is 0 Å². The van der Waals surface area contributed by atoms with Crippen LogP contribution in [0.25, 0.3) is 0 Å². The normalized spacial score (nSPS) is 17.7. The summed E-state index contributed by atoms with van der Waals surface area (Å²) < 4.78 is 0. The molecule has 1 heterocycles. The van der Waals surface area contributed by atoms with Gasteiger partial charge in [0.05, 0.1) is 0 Å². The summed E-state index contributed by atoms with van der Waals surface area (Å²) >= 11 is 0. The van der Waals surface area contributed by atoms with E-state index in [2.05, 4.69) is 22.2 Å². The standard InChI is InChI=1S/C17H26N4O4/c1-19(2)17(25)15(23)14(22)16(24)18-12-4-6-13(7-5-12)21-10-8-20(3)9-11-21/h4-7,14-15,22-23H,8-11H2,1-3H3,(H,18,24)/t14-,15-/m1/s1. The predicted molar refractivity (Wildman–Crippen MR) is 95.5 cm³/mol. The second-order valence-corrected chi connectivity index (χ2v) is 6.45. The van der Waals surface area contributed by atoms with Gasteiger partial charge in [0.25, 0.3) is 11.8 Å². The Labute approximate surface area is 147 Å². The molecule has 0 bridgehead atoms. The number of piperazine rings is 1. The van der Waals surface area contributed by atoms with Gasteiger partial charge in [0.15, 0.2) is 12.2 Å². The first-order valence-electron chi connectivity index (χ1n) is 8.21. The van der Waals surface area contributed by atoms with Gasteiger partial charge in [-0.3, -0.25) is 9.59 Å².